The zero-order valence-electron chi connectivity index (χ0n) is 12.8. The molecule has 1 N–H and O–H groups in total. The third kappa shape index (κ3) is 3.64. The van der Waals surface area contributed by atoms with Crippen LogP contribution in [0, 0.1) is 5.92 Å². The highest BCUT2D eigenvalue weighted by molar-refractivity contribution is 5.86. The van der Waals surface area contributed by atoms with Crippen molar-refractivity contribution in [2.45, 2.75) is 31.8 Å². The molecule has 7 heteroatoms. The number of amides is 1. The lowest BCUT2D eigenvalue weighted by atomic mass is 10.00. The van der Waals surface area contributed by atoms with Gasteiger partial charge in [-0.3, -0.25) is 9.69 Å². The minimum Gasteiger partial charge on any atom is -0.379 e. The van der Waals surface area contributed by atoms with Crippen molar-refractivity contribution in [3.63, 3.8) is 0 Å². The standard InChI is InChI=1S/C14H25N3O2.2ClH/c1-14(2,17-5-7-19-8-6-17)13(18)16-9-11-3-4-15-12(11)10-16;;/h11-12,15H,3-10H2,1-2H3;2*1H/t11-,12+;;/m0../s1. The zero-order valence-corrected chi connectivity index (χ0v) is 14.5. The molecule has 0 spiro atoms. The van der Waals surface area contributed by atoms with Crippen LogP contribution in [0.3, 0.4) is 0 Å². The van der Waals surface area contributed by atoms with Gasteiger partial charge < -0.3 is 15.0 Å². The van der Waals surface area contributed by atoms with Gasteiger partial charge in [-0.25, -0.2) is 0 Å². The molecule has 0 unspecified atom stereocenters. The van der Waals surface area contributed by atoms with Gasteiger partial charge in [-0.05, 0) is 32.7 Å². The van der Waals surface area contributed by atoms with Gasteiger partial charge in [-0.15, -0.1) is 24.8 Å². The summed E-state index contributed by atoms with van der Waals surface area (Å²) >= 11 is 0. The van der Waals surface area contributed by atoms with E-state index in [1.807, 2.05) is 0 Å². The summed E-state index contributed by atoms with van der Waals surface area (Å²) < 4.78 is 5.38. The first-order valence-corrected chi connectivity index (χ1v) is 7.44. The van der Waals surface area contributed by atoms with Crippen molar-refractivity contribution in [2.75, 3.05) is 45.9 Å². The second-order valence-corrected chi connectivity index (χ2v) is 6.48. The smallest absolute Gasteiger partial charge is 0.242 e. The van der Waals surface area contributed by atoms with Crippen LogP contribution < -0.4 is 5.32 Å². The van der Waals surface area contributed by atoms with Crippen LogP contribution >= 0.6 is 24.8 Å². The summed E-state index contributed by atoms with van der Waals surface area (Å²) in [7, 11) is 0. The molecule has 5 nitrogen and oxygen atoms in total. The number of hydrogen-bond donors (Lipinski definition) is 1. The van der Waals surface area contributed by atoms with Crippen molar-refractivity contribution in [1.29, 1.82) is 0 Å². The van der Waals surface area contributed by atoms with E-state index in [0.717, 1.165) is 45.9 Å². The number of carbonyl (C=O) groups is 1. The fourth-order valence-electron chi connectivity index (χ4n) is 3.66. The molecule has 21 heavy (non-hydrogen) atoms. The lowest BCUT2D eigenvalue weighted by Crippen LogP contribution is -2.58. The van der Waals surface area contributed by atoms with Crippen LogP contribution in [0.5, 0.6) is 0 Å². The van der Waals surface area contributed by atoms with Gasteiger partial charge in [0, 0.05) is 32.2 Å². The molecular weight excluding hydrogens is 313 g/mol. The third-order valence-corrected chi connectivity index (χ3v) is 4.97. The van der Waals surface area contributed by atoms with Crippen LogP contribution in [0.2, 0.25) is 0 Å². The van der Waals surface area contributed by atoms with Gasteiger partial charge in [-0.2, -0.15) is 0 Å². The van der Waals surface area contributed by atoms with E-state index < -0.39 is 5.54 Å². The average molecular weight is 340 g/mol. The number of fused-ring (bicyclic) bond motifs is 1. The number of likely N-dealkylation sites (tertiary alicyclic amines) is 1. The monoisotopic (exact) mass is 339 g/mol. The fraction of sp³-hybridized carbons (Fsp3) is 0.929. The van der Waals surface area contributed by atoms with Crippen LogP contribution in [-0.4, -0.2) is 73.2 Å². The maximum Gasteiger partial charge on any atom is 0.242 e. The van der Waals surface area contributed by atoms with Crippen molar-refractivity contribution in [3.8, 4) is 0 Å². The number of nitrogens with zero attached hydrogens (tertiary/aromatic N) is 2. The minimum atomic E-state index is -0.400. The highest BCUT2D eigenvalue weighted by atomic mass is 35.5. The van der Waals surface area contributed by atoms with E-state index in [9.17, 15) is 4.79 Å². The van der Waals surface area contributed by atoms with Gasteiger partial charge >= 0.3 is 0 Å². The molecule has 0 aliphatic carbocycles. The summed E-state index contributed by atoms with van der Waals surface area (Å²) in [6.45, 7) is 10.2. The quantitative estimate of drug-likeness (QED) is 0.806. The molecule has 3 rings (SSSR count). The molecule has 3 saturated heterocycles. The first-order chi connectivity index (χ1) is 9.09. The van der Waals surface area contributed by atoms with Gasteiger partial charge in [-0.1, -0.05) is 0 Å². The van der Waals surface area contributed by atoms with Gasteiger partial charge in [0.1, 0.15) is 0 Å². The molecular formula is C14H27Cl2N3O2. The maximum atomic E-state index is 12.8. The molecule has 0 radical (unpaired) electrons. The Morgan fingerprint density at radius 1 is 1.19 bits per heavy atom. The minimum absolute atomic E-state index is 0. The average Bonchev–Trinajstić information content (AvgIpc) is 2.99. The normalized spacial score (nSPS) is 29.5. The first-order valence-electron chi connectivity index (χ1n) is 7.44. The van der Waals surface area contributed by atoms with Crippen LogP contribution in [0.25, 0.3) is 0 Å². The summed E-state index contributed by atoms with van der Waals surface area (Å²) in [6.07, 6.45) is 1.21. The summed E-state index contributed by atoms with van der Waals surface area (Å²) in [5.41, 5.74) is -0.400. The van der Waals surface area contributed by atoms with Crippen molar-refractivity contribution < 1.29 is 9.53 Å². The van der Waals surface area contributed by atoms with Gasteiger partial charge in [0.05, 0.1) is 18.8 Å². The Kier molecular flexibility index (Phi) is 6.75. The van der Waals surface area contributed by atoms with Gasteiger partial charge in [0.25, 0.3) is 0 Å². The van der Waals surface area contributed by atoms with Crippen molar-refractivity contribution in [2.24, 2.45) is 5.92 Å². The SMILES string of the molecule is CC(C)(C(=O)N1C[C@@H]2CCN[C@@H]2C1)N1CCOCC1.Cl.Cl. The van der Waals surface area contributed by atoms with E-state index in [2.05, 4.69) is 29.0 Å². The Morgan fingerprint density at radius 3 is 2.48 bits per heavy atom. The largest absolute Gasteiger partial charge is 0.379 e. The molecule has 2 atom stereocenters. The van der Waals surface area contributed by atoms with Crippen molar-refractivity contribution >= 4 is 30.7 Å². The Labute approximate surface area is 139 Å². The Balaban J connectivity index is 0.00000110. The van der Waals surface area contributed by atoms with E-state index in [1.165, 1.54) is 6.42 Å². The Hall–Kier alpha value is -0.0700. The first kappa shape index (κ1) is 19.0. The van der Waals surface area contributed by atoms with Gasteiger partial charge in [0.15, 0.2) is 0 Å². The second kappa shape index (κ2) is 7.47. The van der Waals surface area contributed by atoms with Crippen LogP contribution in [0.1, 0.15) is 20.3 Å². The van der Waals surface area contributed by atoms with Crippen LogP contribution in [0.4, 0.5) is 0 Å². The fourth-order valence-corrected chi connectivity index (χ4v) is 3.66. The number of hydrogen-bond acceptors (Lipinski definition) is 4. The number of morpholine rings is 1. The molecule has 124 valence electrons. The molecule has 0 aromatic rings. The molecule has 3 fully saturated rings. The lowest BCUT2D eigenvalue weighted by Gasteiger charge is -2.41. The lowest BCUT2D eigenvalue weighted by molar-refractivity contribution is -0.144. The number of halogens is 2. The molecule has 0 bridgehead atoms. The van der Waals surface area contributed by atoms with E-state index in [1.54, 1.807) is 0 Å². The topological polar surface area (TPSA) is 44.8 Å². The maximum absolute atomic E-state index is 12.8. The van der Waals surface area contributed by atoms with E-state index in [-0.39, 0.29) is 30.7 Å². The zero-order chi connectivity index (χ0) is 13.5. The molecule has 0 saturated carbocycles. The number of nitrogens with one attached hydrogen (secondary N) is 1. The van der Waals surface area contributed by atoms with Crippen molar-refractivity contribution in [3.05, 3.63) is 0 Å². The Bertz CT molecular complexity index is 350. The molecule has 3 aliphatic rings. The molecule has 3 aliphatic heterocycles. The summed E-state index contributed by atoms with van der Waals surface area (Å²) in [5.74, 6) is 0.954. The van der Waals surface area contributed by atoms with Gasteiger partial charge in [0.2, 0.25) is 5.91 Å². The molecule has 3 heterocycles. The summed E-state index contributed by atoms with van der Waals surface area (Å²) in [4.78, 5) is 17.1. The number of carbonyl (C=O) groups excluding carboxylic acids is 1. The predicted molar refractivity (Wildman–Crippen MR) is 87.4 cm³/mol. The van der Waals surface area contributed by atoms with E-state index in [4.69, 9.17) is 4.74 Å². The summed E-state index contributed by atoms with van der Waals surface area (Å²) in [6, 6.07) is 0.532. The highest BCUT2D eigenvalue weighted by Crippen LogP contribution is 2.28. The molecule has 0 aromatic carbocycles. The highest BCUT2D eigenvalue weighted by Gasteiger charge is 2.44. The van der Waals surface area contributed by atoms with Crippen LogP contribution in [0.15, 0.2) is 0 Å². The van der Waals surface area contributed by atoms with E-state index in [0.29, 0.717) is 12.0 Å². The predicted octanol–water partition coefficient (Wildman–Crippen LogP) is 0.761. The second-order valence-electron chi connectivity index (χ2n) is 6.48. The third-order valence-electron chi connectivity index (χ3n) is 4.97. The van der Waals surface area contributed by atoms with E-state index >= 15 is 0 Å². The number of ether oxygens (including phenoxy) is 1. The van der Waals surface area contributed by atoms with Crippen LogP contribution in [-0.2, 0) is 9.53 Å². The Morgan fingerprint density at radius 2 is 1.86 bits per heavy atom. The molecule has 1 amide bonds. The molecule has 0 aromatic heterocycles. The van der Waals surface area contributed by atoms with Crippen molar-refractivity contribution in [1.82, 2.24) is 15.1 Å². The summed E-state index contributed by atoms with van der Waals surface area (Å²) in [5, 5.41) is 3.51. The number of rotatable bonds is 2.